The molecule has 3 N–H and O–H groups in total. The number of halogens is 3. The van der Waals surface area contributed by atoms with E-state index in [-0.39, 0.29) is 6.42 Å². The van der Waals surface area contributed by atoms with Crippen molar-refractivity contribution in [1.29, 1.82) is 0 Å². The molecule has 0 spiro atoms. The molecule has 3 aromatic rings. The average Bonchev–Trinajstić information content (AvgIpc) is 2.78. The molecule has 166 valence electrons. The Morgan fingerprint density at radius 2 is 1.50 bits per heavy atom. The number of primary amides is 1. The van der Waals surface area contributed by atoms with Crippen LogP contribution in [-0.4, -0.2) is 17.9 Å². The molecule has 0 aliphatic rings. The molecule has 1 atom stereocenters. The molecule has 0 aliphatic heterocycles. The smallest absolute Gasteiger partial charge is 0.417 e. The van der Waals surface area contributed by atoms with Gasteiger partial charge < -0.3 is 15.8 Å². The maximum atomic E-state index is 13.2. The van der Waals surface area contributed by atoms with Gasteiger partial charge >= 0.3 is 6.18 Å². The number of rotatable bonds is 8. The maximum absolute atomic E-state index is 13.2. The lowest BCUT2D eigenvalue weighted by molar-refractivity contribution is -0.137. The topological polar surface area (TPSA) is 81.4 Å². The van der Waals surface area contributed by atoms with Gasteiger partial charge in [-0.05, 0) is 35.4 Å². The van der Waals surface area contributed by atoms with Crippen molar-refractivity contribution in [3.05, 3.63) is 101 Å². The number of nitrogens with two attached hydrogens (primary N) is 1. The van der Waals surface area contributed by atoms with Crippen LogP contribution in [0.4, 0.5) is 13.2 Å². The molecule has 2 amide bonds. The largest absolute Gasteiger partial charge is 0.489 e. The monoisotopic (exact) mass is 442 g/mol. The molecule has 3 rings (SSSR count). The van der Waals surface area contributed by atoms with E-state index in [1.165, 1.54) is 12.1 Å². The summed E-state index contributed by atoms with van der Waals surface area (Å²) in [5.41, 5.74) is 5.38. The van der Waals surface area contributed by atoms with Gasteiger partial charge in [-0.15, -0.1) is 0 Å². The Balaban J connectivity index is 1.66. The van der Waals surface area contributed by atoms with E-state index in [0.29, 0.717) is 17.9 Å². The van der Waals surface area contributed by atoms with Crippen LogP contribution >= 0.6 is 0 Å². The highest BCUT2D eigenvalue weighted by Crippen LogP contribution is 2.31. The van der Waals surface area contributed by atoms with Crippen molar-refractivity contribution in [2.75, 3.05) is 0 Å². The fourth-order valence-electron chi connectivity index (χ4n) is 3.09. The van der Waals surface area contributed by atoms with Gasteiger partial charge in [0.1, 0.15) is 18.4 Å². The van der Waals surface area contributed by atoms with Crippen molar-refractivity contribution >= 4 is 11.8 Å². The van der Waals surface area contributed by atoms with E-state index >= 15 is 0 Å². The van der Waals surface area contributed by atoms with E-state index in [2.05, 4.69) is 5.32 Å². The second kappa shape index (κ2) is 10.00. The molecule has 8 heteroatoms. The fourth-order valence-corrected chi connectivity index (χ4v) is 3.09. The molecule has 32 heavy (non-hydrogen) atoms. The van der Waals surface area contributed by atoms with E-state index in [4.69, 9.17) is 10.5 Å². The summed E-state index contributed by atoms with van der Waals surface area (Å²) in [5, 5.41) is 2.31. The lowest BCUT2D eigenvalue weighted by Crippen LogP contribution is -2.46. The number of carbonyl (C=O) groups is 2. The number of nitrogens with one attached hydrogen (secondary N) is 1. The second-order valence-corrected chi connectivity index (χ2v) is 7.09. The Morgan fingerprint density at radius 3 is 2.12 bits per heavy atom. The summed E-state index contributed by atoms with van der Waals surface area (Å²) in [4.78, 5) is 24.3. The highest BCUT2D eigenvalue weighted by Gasteiger charge is 2.35. The predicted octanol–water partition coefficient (Wildman–Crippen LogP) is 4.11. The van der Waals surface area contributed by atoms with Crippen LogP contribution in [0, 0.1) is 0 Å². The lowest BCUT2D eigenvalue weighted by Gasteiger charge is -2.18. The normalized spacial score (nSPS) is 12.1. The molecule has 0 bridgehead atoms. The minimum absolute atomic E-state index is 0.0220. The number of hydrogen-bond acceptors (Lipinski definition) is 3. The third-order valence-corrected chi connectivity index (χ3v) is 4.74. The van der Waals surface area contributed by atoms with E-state index in [9.17, 15) is 22.8 Å². The molecule has 0 aromatic heterocycles. The van der Waals surface area contributed by atoms with Gasteiger partial charge in [0.25, 0.3) is 5.91 Å². The average molecular weight is 442 g/mol. The maximum Gasteiger partial charge on any atom is 0.417 e. The highest BCUT2D eigenvalue weighted by atomic mass is 19.4. The van der Waals surface area contributed by atoms with Crippen LogP contribution in [0.1, 0.15) is 27.0 Å². The first-order valence-corrected chi connectivity index (χ1v) is 9.76. The van der Waals surface area contributed by atoms with Crippen molar-refractivity contribution in [3.8, 4) is 5.75 Å². The Bertz CT molecular complexity index is 1070. The molecule has 0 saturated heterocycles. The highest BCUT2D eigenvalue weighted by molar-refractivity contribution is 5.98. The zero-order valence-corrected chi connectivity index (χ0v) is 16.9. The number of carbonyl (C=O) groups excluding carboxylic acids is 2. The minimum atomic E-state index is -4.70. The molecule has 0 unspecified atom stereocenters. The fraction of sp³-hybridized carbons (Fsp3) is 0.167. The standard InChI is InChI=1S/C24H21F3N2O3/c25-24(26,27)20-9-5-4-8-19(20)23(31)29-21(22(28)30)14-16-10-12-18(13-11-16)32-15-17-6-2-1-3-7-17/h1-13,21H,14-15H2,(H2,28,30)(H,29,31)/t21-/m1/s1. The first-order valence-electron chi connectivity index (χ1n) is 9.76. The van der Waals surface area contributed by atoms with Crippen LogP contribution in [0.5, 0.6) is 5.75 Å². The van der Waals surface area contributed by atoms with Gasteiger partial charge in [0.05, 0.1) is 11.1 Å². The molecule has 0 radical (unpaired) electrons. The number of amides is 2. The zero-order chi connectivity index (χ0) is 23.1. The summed E-state index contributed by atoms with van der Waals surface area (Å²) >= 11 is 0. The number of alkyl halides is 3. The number of hydrogen-bond donors (Lipinski definition) is 2. The van der Waals surface area contributed by atoms with Crippen molar-refractivity contribution in [2.24, 2.45) is 5.73 Å². The number of ether oxygens (including phenoxy) is 1. The summed E-state index contributed by atoms with van der Waals surface area (Å²) < 4.78 is 45.2. The van der Waals surface area contributed by atoms with Gasteiger partial charge in [0.15, 0.2) is 0 Å². The van der Waals surface area contributed by atoms with Gasteiger partial charge in [-0.1, -0.05) is 54.6 Å². The summed E-state index contributed by atoms with van der Waals surface area (Å²) in [6.07, 6.45) is -4.68. The van der Waals surface area contributed by atoms with Gasteiger partial charge in [0.2, 0.25) is 5.91 Å². The summed E-state index contributed by atoms with van der Waals surface area (Å²) in [7, 11) is 0. The second-order valence-electron chi connectivity index (χ2n) is 7.09. The van der Waals surface area contributed by atoms with Crippen LogP contribution in [0.15, 0.2) is 78.9 Å². The third kappa shape index (κ3) is 6.10. The van der Waals surface area contributed by atoms with Crippen molar-refractivity contribution < 1.29 is 27.5 Å². The van der Waals surface area contributed by atoms with Crippen LogP contribution in [-0.2, 0) is 24.0 Å². The van der Waals surface area contributed by atoms with Gasteiger partial charge in [-0.2, -0.15) is 13.2 Å². The molecule has 0 saturated carbocycles. The van der Waals surface area contributed by atoms with Crippen LogP contribution in [0.2, 0.25) is 0 Å². The van der Waals surface area contributed by atoms with Crippen molar-refractivity contribution in [2.45, 2.75) is 25.2 Å². The third-order valence-electron chi connectivity index (χ3n) is 4.74. The Kier molecular flexibility index (Phi) is 7.14. The molecule has 0 fully saturated rings. The van der Waals surface area contributed by atoms with Gasteiger partial charge in [-0.25, -0.2) is 0 Å². The SMILES string of the molecule is NC(=O)[C@@H](Cc1ccc(OCc2ccccc2)cc1)NC(=O)c1ccccc1C(F)(F)F. The van der Waals surface area contributed by atoms with E-state index < -0.39 is 35.2 Å². The predicted molar refractivity (Wildman–Crippen MR) is 113 cm³/mol. The van der Waals surface area contributed by atoms with Crippen LogP contribution < -0.4 is 15.8 Å². The van der Waals surface area contributed by atoms with Crippen molar-refractivity contribution in [3.63, 3.8) is 0 Å². The molecular weight excluding hydrogens is 421 g/mol. The summed E-state index contributed by atoms with van der Waals surface area (Å²) in [6.45, 7) is 0.388. The summed E-state index contributed by atoms with van der Waals surface area (Å²) in [5.74, 6) is -1.27. The van der Waals surface area contributed by atoms with E-state index in [1.54, 1.807) is 24.3 Å². The molecule has 0 aliphatic carbocycles. The van der Waals surface area contributed by atoms with E-state index in [1.807, 2.05) is 30.3 Å². The molecule has 3 aromatic carbocycles. The minimum Gasteiger partial charge on any atom is -0.489 e. The Morgan fingerprint density at radius 1 is 0.875 bits per heavy atom. The van der Waals surface area contributed by atoms with Crippen LogP contribution in [0.25, 0.3) is 0 Å². The molecule has 5 nitrogen and oxygen atoms in total. The Labute approximate surface area is 183 Å². The van der Waals surface area contributed by atoms with Crippen molar-refractivity contribution in [1.82, 2.24) is 5.32 Å². The zero-order valence-electron chi connectivity index (χ0n) is 16.9. The quantitative estimate of drug-likeness (QED) is 0.551. The van der Waals surface area contributed by atoms with Gasteiger partial charge in [-0.3, -0.25) is 9.59 Å². The van der Waals surface area contributed by atoms with Crippen LogP contribution in [0.3, 0.4) is 0 Å². The lowest BCUT2D eigenvalue weighted by atomic mass is 10.0. The first kappa shape index (κ1) is 22.9. The molecule has 0 heterocycles. The summed E-state index contributed by atoms with van der Waals surface area (Å²) in [6, 6.07) is 19.6. The molecular formula is C24H21F3N2O3. The first-order chi connectivity index (χ1) is 15.2. The van der Waals surface area contributed by atoms with Gasteiger partial charge in [0, 0.05) is 6.42 Å². The Hall–Kier alpha value is -3.81. The number of benzene rings is 3. The van der Waals surface area contributed by atoms with E-state index in [0.717, 1.165) is 17.7 Å².